The molecule has 2 rings (SSSR count). The summed E-state index contributed by atoms with van der Waals surface area (Å²) in [6, 6.07) is 0.634. The molecule has 0 aliphatic carbocycles. The van der Waals surface area contributed by atoms with Gasteiger partial charge in [-0.1, -0.05) is 0 Å². The molecule has 0 spiro atoms. The lowest BCUT2D eigenvalue weighted by Crippen LogP contribution is -2.50. The molecule has 1 aromatic heterocycles. The third kappa shape index (κ3) is 2.77. The van der Waals surface area contributed by atoms with E-state index in [-0.39, 0.29) is 0 Å². The van der Waals surface area contributed by atoms with Gasteiger partial charge in [0, 0.05) is 43.2 Å². The highest BCUT2D eigenvalue weighted by Crippen LogP contribution is 2.17. The molecule has 1 saturated heterocycles. The monoisotopic (exact) mass is 225 g/mol. The highest BCUT2D eigenvalue weighted by Gasteiger charge is 2.23. The topological polar surface area (TPSA) is 19.4 Å². The van der Waals surface area contributed by atoms with Crippen molar-refractivity contribution in [2.75, 3.05) is 33.7 Å². The van der Waals surface area contributed by atoms with Crippen molar-refractivity contribution in [3.63, 3.8) is 0 Å². The van der Waals surface area contributed by atoms with E-state index in [0.29, 0.717) is 6.04 Å². The van der Waals surface area contributed by atoms with E-state index in [1.807, 2.05) is 17.5 Å². The Bertz CT molecular complexity index is 323. The first-order valence-electron chi connectivity index (χ1n) is 5.45. The molecule has 84 valence electrons. The van der Waals surface area contributed by atoms with Crippen LogP contribution in [0.15, 0.2) is 6.20 Å². The largest absolute Gasteiger partial charge is 0.304 e. The number of aromatic nitrogens is 1. The van der Waals surface area contributed by atoms with Crippen LogP contribution < -0.4 is 0 Å². The number of piperazine rings is 1. The Hall–Kier alpha value is -0.450. The summed E-state index contributed by atoms with van der Waals surface area (Å²) in [5.74, 6) is 0. The van der Waals surface area contributed by atoms with Gasteiger partial charge in [0.15, 0.2) is 0 Å². The predicted octanol–water partition coefficient (Wildman–Crippen LogP) is 1.24. The molecule has 1 atom stereocenters. The minimum Gasteiger partial charge on any atom is -0.304 e. The van der Waals surface area contributed by atoms with E-state index in [1.54, 1.807) is 0 Å². The summed E-state index contributed by atoms with van der Waals surface area (Å²) in [7, 11) is 4.42. The van der Waals surface area contributed by atoms with E-state index >= 15 is 0 Å². The van der Waals surface area contributed by atoms with Crippen LogP contribution in [0, 0.1) is 6.92 Å². The van der Waals surface area contributed by atoms with Gasteiger partial charge in [0.1, 0.15) is 0 Å². The van der Waals surface area contributed by atoms with Gasteiger partial charge in [0.05, 0.1) is 5.01 Å². The maximum absolute atomic E-state index is 4.44. The zero-order valence-electron chi connectivity index (χ0n) is 9.73. The Balaban J connectivity index is 1.98. The molecule has 4 heteroatoms. The van der Waals surface area contributed by atoms with Crippen molar-refractivity contribution >= 4 is 11.3 Å². The fraction of sp³-hybridized carbons (Fsp3) is 0.727. The molecule has 0 amide bonds. The van der Waals surface area contributed by atoms with E-state index < -0.39 is 0 Å². The quantitative estimate of drug-likeness (QED) is 0.755. The molecule has 3 nitrogen and oxygen atoms in total. The molecular weight excluding hydrogens is 206 g/mol. The number of hydrogen-bond acceptors (Lipinski definition) is 4. The normalized spacial score (nSPS) is 24.6. The van der Waals surface area contributed by atoms with Crippen LogP contribution >= 0.6 is 11.3 Å². The zero-order valence-corrected chi connectivity index (χ0v) is 10.5. The smallest absolute Gasteiger partial charge is 0.0943 e. The maximum Gasteiger partial charge on any atom is 0.0943 e. The molecular formula is C11H19N3S. The first-order valence-corrected chi connectivity index (χ1v) is 6.27. The van der Waals surface area contributed by atoms with Gasteiger partial charge >= 0.3 is 0 Å². The lowest BCUT2D eigenvalue weighted by molar-refractivity contribution is 0.114. The molecule has 1 unspecified atom stereocenters. The van der Waals surface area contributed by atoms with Gasteiger partial charge in [-0.05, 0) is 21.0 Å². The summed E-state index contributed by atoms with van der Waals surface area (Å²) < 4.78 is 0. The average molecular weight is 225 g/mol. The first kappa shape index (κ1) is 11.0. The Morgan fingerprint density at radius 1 is 1.47 bits per heavy atom. The third-order valence-corrected chi connectivity index (χ3v) is 3.99. The van der Waals surface area contributed by atoms with Gasteiger partial charge in [-0.15, -0.1) is 11.3 Å². The second-order valence-corrected chi connectivity index (χ2v) is 5.78. The molecule has 0 bridgehead atoms. The molecule has 15 heavy (non-hydrogen) atoms. The van der Waals surface area contributed by atoms with Crippen molar-refractivity contribution < 1.29 is 0 Å². The highest BCUT2D eigenvalue weighted by molar-refractivity contribution is 7.11. The third-order valence-electron chi connectivity index (χ3n) is 3.06. The standard InChI is InChI=1S/C11H19N3S/c1-9-7-12-11(15-9)6-10-8-13(2)4-5-14(10)3/h7,10H,4-6,8H2,1-3H3. The van der Waals surface area contributed by atoms with Gasteiger partial charge in [0.2, 0.25) is 0 Å². The SMILES string of the molecule is Cc1cnc(CC2CN(C)CCN2C)s1. The molecule has 2 heterocycles. The number of likely N-dealkylation sites (N-methyl/N-ethyl adjacent to an activating group) is 2. The minimum absolute atomic E-state index is 0.634. The predicted molar refractivity (Wildman–Crippen MR) is 64.5 cm³/mol. The summed E-state index contributed by atoms with van der Waals surface area (Å²) in [6.45, 7) is 5.64. The van der Waals surface area contributed by atoms with Crippen LogP contribution in [-0.4, -0.2) is 54.6 Å². The van der Waals surface area contributed by atoms with Crippen LogP contribution in [0.1, 0.15) is 9.88 Å². The summed E-state index contributed by atoms with van der Waals surface area (Å²) in [6.07, 6.45) is 3.08. The van der Waals surface area contributed by atoms with E-state index in [2.05, 4.69) is 35.8 Å². The molecule has 0 N–H and O–H groups in total. The van der Waals surface area contributed by atoms with Crippen LogP contribution in [0.5, 0.6) is 0 Å². The van der Waals surface area contributed by atoms with Gasteiger partial charge in [0.25, 0.3) is 0 Å². The van der Waals surface area contributed by atoms with Gasteiger partial charge < -0.3 is 9.80 Å². The van der Waals surface area contributed by atoms with Gasteiger partial charge in [-0.2, -0.15) is 0 Å². The van der Waals surface area contributed by atoms with E-state index in [1.165, 1.54) is 23.0 Å². The summed E-state index contributed by atoms with van der Waals surface area (Å²) in [5.41, 5.74) is 0. The van der Waals surface area contributed by atoms with Crippen molar-refractivity contribution in [3.8, 4) is 0 Å². The van der Waals surface area contributed by atoms with Gasteiger partial charge in [-0.25, -0.2) is 4.98 Å². The van der Waals surface area contributed by atoms with Crippen molar-refractivity contribution in [2.24, 2.45) is 0 Å². The molecule has 1 fully saturated rings. The van der Waals surface area contributed by atoms with Crippen molar-refractivity contribution in [1.82, 2.24) is 14.8 Å². The summed E-state index contributed by atoms with van der Waals surface area (Å²) in [4.78, 5) is 10.6. The van der Waals surface area contributed by atoms with E-state index in [4.69, 9.17) is 0 Å². The van der Waals surface area contributed by atoms with E-state index in [0.717, 1.165) is 13.0 Å². The van der Waals surface area contributed by atoms with Crippen LogP contribution in [0.3, 0.4) is 0 Å². The van der Waals surface area contributed by atoms with Crippen molar-refractivity contribution in [3.05, 3.63) is 16.1 Å². The van der Waals surface area contributed by atoms with Crippen molar-refractivity contribution in [1.29, 1.82) is 0 Å². The zero-order chi connectivity index (χ0) is 10.8. The molecule has 0 aromatic carbocycles. The number of hydrogen-bond donors (Lipinski definition) is 0. The maximum atomic E-state index is 4.44. The second-order valence-electron chi connectivity index (χ2n) is 4.47. The Morgan fingerprint density at radius 3 is 2.93 bits per heavy atom. The minimum atomic E-state index is 0.634. The van der Waals surface area contributed by atoms with Crippen LogP contribution in [0.25, 0.3) is 0 Å². The fourth-order valence-corrected chi connectivity index (χ4v) is 2.88. The number of thiazole rings is 1. The number of aryl methyl sites for hydroxylation is 1. The second kappa shape index (κ2) is 4.60. The lowest BCUT2D eigenvalue weighted by Gasteiger charge is -2.37. The number of rotatable bonds is 2. The summed E-state index contributed by atoms with van der Waals surface area (Å²) >= 11 is 1.83. The molecule has 1 aromatic rings. The molecule has 0 radical (unpaired) electrons. The first-order chi connectivity index (χ1) is 7.15. The fourth-order valence-electron chi connectivity index (χ4n) is 2.02. The molecule has 1 aliphatic rings. The molecule has 0 saturated carbocycles. The highest BCUT2D eigenvalue weighted by atomic mass is 32.1. The Kier molecular flexibility index (Phi) is 3.38. The van der Waals surface area contributed by atoms with Crippen LogP contribution in [-0.2, 0) is 6.42 Å². The van der Waals surface area contributed by atoms with Crippen LogP contribution in [0.2, 0.25) is 0 Å². The summed E-state index contributed by atoms with van der Waals surface area (Å²) in [5, 5.41) is 1.28. The van der Waals surface area contributed by atoms with Gasteiger partial charge in [-0.3, -0.25) is 0 Å². The molecule has 1 aliphatic heterocycles. The van der Waals surface area contributed by atoms with Crippen LogP contribution in [0.4, 0.5) is 0 Å². The van der Waals surface area contributed by atoms with Crippen molar-refractivity contribution in [2.45, 2.75) is 19.4 Å². The lowest BCUT2D eigenvalue weighted by atomic mass is 10.1. The Morgan fingerprint density at radius 2 is 2.27 bits per heavy atom. The Labute approximate surface area is 95.7 Å². The average Bonchev–Trinajstić information content (AvgIpc) is 2.58. The van der Waals surface area contributed by atoms with E-state index in [9.17, 15) is 0 Å². The number of nitrogens with zero attached hydrogens (tertiary/aromatic N) is 3.